The first kappa shape index (κ1) is 17.7. The molecule has 2 heteroatoms. The number of hydrogen-bond acceptors (Lipinski definition) is 2. The lowest BCUT2D eigenvalue weighted by Gasteiger charge is -2.37. The summed E-state index contributed by atoms with van der Waals surface area (Å²) in [4.78, 5) is 12.3. The largest absolute Gasteiger partial charge is 0.378 e. The Morgan fingerprint density at radius 2 is 1.78 bits per heavy atom. The molecule has 124 valence electrons. The Kier molecular flexibility index (Phi) is 5.95. The first-order valence-electron chi connectivity index (χ1n) is 8.79. The second-order valence-corrected chi connectivity index (χ2v) is 6.54. The quantitative estimate of drug-likeness (QED) is 0.726. The number of aliphatic hydroxyl groups is 1. The van der Waals surface area contributed by atoms with Crippen LogP contribution in [0.5, 0.6) is 0 Å². The monoisotopic (exact) mass is 312 g/mol. The van der Waals surface area contributed by atoms with Gasteiger partial charge in [-0.25, -0.2) is 0 Å². The molecule has 1 aliphatic carbocycles. The number of ketones is 1. The molecule has 0 bridgehead atoms. The molecule has 0 spiro atoms. The highest BCUT2D eigenvalue weighted by molar-refractivity contribution is 6.15. The van der Waals surface area contributed by atoms with E-state index in [1.165, 1.54) is 11.1 Å². The van der Waals surface area contributed by atoms with Crippen molar-refractivity contribution in [2.75, 3.05) is 0 Å². The third-order valence-corrected chi connectivity index (χ3v) is 4.64. The Morgan fingerprint density at radius 1 is 1.13 bits per heavy atom. The summed E-state index contributed by atoms with van der Waals surface area (Å²) in [6.07, 6.45) is 8.08. The molecule has 1 aromatic carbocycles. The number of hydrogen-bond donors (Lipinski definition) is 1. The lowest BCUT2D eigenvalue weighted by molar-refractivity contribution is -0.132. The van der Waals surface area contributed by atoms with Gasteiger partial charge in [0, 0.05) is 5.57 Å². The minimum atomic E-state index is -1.26. The fraction of sp³-hybridized carbons (Fsp3) is 0.476. The predicted molar refractivity (Wildman–Crippen MR) is 96.1 cm³/mol. The van der Waals surface area contributed by atoms with E-state index < -0.39 is 5.60 Å². The Bertz CT molecular complexity index is 606. The van der Waals surface area contributed by atoms with Crippen LogP contribution in [0.1, 0.15) is 64.9 Å². The zero-order valence-electron chi connectivity index (χ0n) is 14.6. The normalized spacial score (nSPS) is 21.6. The molecule has 1 unspecified atom stereocenters. The van der Waals surface area contributed by atoms with E-state index in [2.05, 4.69) is 26.0 Å². The molecule has 2 nitrogen and oxygen atoms in total. The van der Waals surface area contributed by atoms with Crippen molar-refractivity contribution in [2.24, 2.45) is 0 Å². The van der Waals surface area contributed by atoms with E-state index in [0.29, 0.717) is 0 Å². The van der Waals surface area contributed by atoms with Gasteiger partial charge in [0.2, 0.25) is 0 Å². The molecule has 0 aliphatic heterocycles. The average molecular weight is 312 g/mol. The summed E-state index contributed by atoms with van der Waals surface area (Å²) in [6.45, 7) is 5.93. The average Bonchev–Trinajstić information content (AvgIpc) is 2.57. The number of rotatable bonds is 8. The number of Topliss-reactive ketones (excluding diaryl/α,β-unsaturated/α-hetero) is 1. The van der Waals surface area contributed by atoms with Crippen LogP contribution < -0.4 is 0 Å². The van der Waals surface area contributed by atoms with Crippen LogP contribution in [-0.2, 0) is 4.79 Å². The molecule has 0 fully saturated rings. The van der Waals surface area contributed by atoms with Crippen molar-refractivity contribution in [1.82, 2.24) is 0 Å². The van der Waals surface area contributed by atoms with Crippen LogP contribution >= 0.6 is 0 Å². The van der Waals surface area contributed by atoms with Crippen LogP contribution in [0.3, 0.4) is 0 Å². The third kappa shape index (κ3) is 3.81. The summed E-state index contributed by atoms with van der Waals surface area (Å²) in [5.74, 6) is -0.131. The van der Waals surface area contributed by atoms with Gasteiger partial charge in [-0.15, -0.1) is 0 Å². The smallest absolute Gasteiger partial charge is 0.198 e. The van der Waals surface area contributed by atoms with Crippen LogP contribution in [0, 0.1) is 0 Å². The Labute approximate surface area is 139 Å². The number of carbonyl (C=O) groups excluding carboxylic acids is 1. The van der Waals surface area contributed by atoms with E-state index in [0.717, 1.165) is 49.7 Å². The molecule has 1 atom stereocenters. The minimum Gasteiger partial charge on any atom is -0.378 e. The van der Waals surface area contributed by atoms with Gasteiger partial charge in [-0.1, -0.05) is 57.0 Å². The molecule has 1 N–H and O–H groups in total. The highest BCUT2D eigenvalue weighted by Crippen LogP contribution is 2.40. The van der Waals surface area contributed by atoms with Gasteiger partial charge in [0.15, 0.2) is 5.78 Å². The molecule has 0 aromatic heterocycles. The second kappa shape index (κ2) is 7.74. The molecule has 1 aliphatic rings. The van der Waals surface area contributed by atoms with Crippen molar-refractivity contribution in [3.63, 3.8) is 0 Å². The van der Waals surface area contributed by atoms with Crippen LogP contribution in [-0.4, -0.2) is 16.5 Å². The number of allylic oxidation sites excluding steroid dienone is 2. The molecule has 0 heterocycles. The lowest BCUT2D eigenvalue weighted by atomic mass is 9.70. The van der Waals surface area contributed by atoms with Crippen LogP contribution in [0.2, 0.25) is 0 Å². The fourth-order valence-corrected chi connectivity index (χ4v) is 3.11. The zero-order chi connectivity index (χ0) is 16.9. The van der Waals surface area contributed by atoms with Crippen molar-refractivity contribution in [3.05, 3.63) is 53.1 Å². The van der Waals surface area contributed by atoms with Gasteiger partial charge in [0.25, 0.3) is 0 Å². The highest BCUT2D eigenvalue weighted by Gasteiger charge is 2.46. The maximum absolute atomic E-state index is 12.3. The summed E-state index contributed by atoms with van der Waals surface area (Å²) in [5.41, 5.74) is 2.75. The summed E-state index contributed by atoms with van der Waals surface area (Å²) in [6, 6.07) is 10.2. The van der Waals surface area contributed by atoms with Gasteiger partial charge >= 0.3 is 0 Å². The maximum Gasteiger partial charge on any atom is 0.198 e. The first-order valence-corrected chi connectivity index (χ1v) is 8.79. The van der Waals surface area contributed by atoms with E-state index in [4.69, 9.17) is 0 Å². The number of carbonyl (C=O) groups is 1. The van der Waals surface area contributed by atoms with E-state index >= 15 is 0 Å². The standard InChI is InChI=1S/C21H28O2/c1-4-6-11-17(16-12-9-8-10-13-16)15-18-19(14-7-5-2)21(3,23)20(18)22/h8-10,12-13,15,23H,4-7,11,14H2,1-3H3/b17-15-. The van der Waals surface area contributed by atoms with Crippen LogP contribution in [0.25, 0.3) is 5.57 Å². The minimum absolute atomic E-state index is 0.131. The van der Waals surface area contributed by atoms with Gasteiger partial charge in [-0.3, -0.25) is 4.79 Å². The van der Waals surface area contributed by atoms with E-state index in [1.54, 1.807) is 6.92 Å². The van der Waals surface area contributed by atoms with Gasteiger partial charge in [0.1, 0.15) is 5.60 Å². The number of benzene rings is 1. The van der Waals surface area contributed by atoms with E-state index in [9.17, 15) is 9.90 Å². The Hall–Kier alpha value is -1.67. The SMILES string of the molecule is CCCCC1=C(/C=C(/CCCC)c2ccccc2)C(=O)C1(C)O. The fourth-order valence-electron chi connectivity index (χ4n) is 3.11. The molecule has 0 radical (unpaired) electrons. The molecular formula is C21H28O2. The Morgan fingerprint density at radius 3 is 2.39 bits per heavy atom. The van der Waals surface area contributed by atoms with E-state index in [1.807, 2.05) is 24.3 Å². The van der Waals surface area contributed by atoms with Crippen LogP contribution in [0.15, 0.2) is 47.6 Å². The maximum atomic E-state index is 12.3. The molecule has 1 aromatic rings. The van der Waals surface area contributed by atoms with E-state index in [-0.39, 0.29) is 5.78 Å². The third-order valence-electron chi connectivity index (χ3n) is 4.64. The topological polar surface area (TPSA) is 37.3 Å². The van der Waals surface area contributed by atoms with Crippen molar-refractivity contribution in [2.45, 2.75) is 64.9 Å². The zero-order valence-corrected chi connectivity index (χ0v) is 14.6. The predicted octanol–water partition coefficient (Wildman–Crippen LogP) is 5.08. The van der Waals surface area contributed by atoms with Crippen molar-refractivity contribution in [1.29, 1.82) is 0 Å². The summed E-state index contributed by atoms with van der Waals surface area (Å²) in [7, 11) is 0. The second-order valence-electron chi connectivity index (χ2n) is 6.54. The van der Waals surface area contributed by atoms with Gasteiger partial charge < -0.3 is 5.11 Å². The van der Waals surface area contributed by atoms with Crippen molar-refractivity contribution >= 4 is 11.4 Å². The molecule has 0 amide bonds. The molecule has 2 rings (SSSR count). The Balaban J connectivity index is 2.38. The summed E-state index contributed by atoms with van der Waals surface area (Å²) in [5, 5.41) is 10.4. The summed E-state index contributed by atoms with van der Waals surface area (Å²) >= 11 is 0. The van der Waals surface area contributed by atoms with Gasteiger partial charge in [0.05, 0.1) is 0 Å². The van der Waals surface area contributed by atoms with Crippen molar-refractivity contribution < 1.29 is 9.90 Å². The first-order chi connectivity index (χ1) is 11.0. The molecular weight excluding hydrogens is 284 g/mol. The summed E-state index contributed by atoms with van der Waals surface area (Å²) < 4.78 is 0. The van der Waals surface area contributed by atoms with Crippen molar-refractivity contribution in [3.8, 4) is 0 Å². The van der Waals surface area contributed by atoms with Crippen LogP contribution in [0.4, 0.5) is 0 Å². The van der Waals surface area contributed by atoms with Gasteiger partial charge in [-0.2, -0.15) is 0 Å². The number of unbranched alkanes of at least 4 members (excludes halogenated alkanes) is 2. The lowest BCUT2D eigenvalue weighted by Crippen LogP contribution is -2.48. The highest BCUT2D eigenvalue weighted by atomic mass is 16.3. The van der Waals surface area contributed by atoms with Gasteiger partial charge in [-0.05, 0) is 55.4 Å². The molecule has 0 saturated carbocycles. The molecule has 23 heavy (non-hydrogen) atoms. The molecule has 0 saturated heterocycles.